The lowest BCUT2D eigenvalue weighted by Gasteiger charge is -2.09. The van der Waals surface area contributed by atoms with Crippen LogP contribution in [0.2, 0.25) is 0 Å². The topological polar surface area (TPSA) is 14.2 Å². The highest BCUT2D eigenvalue weighted by Crippen LogP contribution is 2.32. The zero-order valence-electron chi connectivity index (χ0n) is 13.5. The van der Waals surface area contributed by atoms with Crippen LogP contribution in [0.15, 0.2) is 77.4 Å². The molecule has 25 heavy (non-hydrogen) atoms. The smallest absolute Gasteiger partial charge is 0.127 e. The normalized spacial score (nSPS) is 11.0. The predicted octanol–water partition coefficient (Wildman–Crippen LogP) is 6.63. The molecule has 0 bridgehead atoms. The highest BCUT2D eigenvalue weighted by Gasteiger charge is 2.10. The van der Waals surface area contributed by atoms with E-state index >= 15 is 0 Å². The fourth-order valence-corrected chi connectivity index (χ4v) is 3.66. The number of aryl methyl sites for hydroxylation is 1. The lowest BCUT2D eigenvalue weighted by atomic mass is 10.1. The average Bonchev–Trinajstić information content (AvgIpc) is 2.96. The number of benzene rings is 3. The van der Waals surface area contributed by atoms with Crippen molar-refractivity contribution in [2.24, 2.45) is 0 Å². The molecule has 4 heteroatoms. The standard InChI is InChI=1S/C21H15BrFNO/c1-14-3-2-4-20-21(14)19(22)13-24(20)16-7-11-18(12-8-16)25-17-9-5-15(23)6-10-17/h2-13H,1H3. The van der Waals surface area contributed by atoms with Crippen LogP contribution in [0.5, 0.6) is 11.5 Å². The second-order valence-corrected chi connectivity index (χ2v) is 6.72. The number of aromatic nitrogens is 1. The first-order valence-corrected chi connectivity index (χ1v) is 8.71. The first-order chi connectivity index (χ1) is 12.1. The molecule has 0 saturated carbocycles. The highest BCUT2D eigenvalue weighted by molar-refractivity contribution is 9.10. The Morgan fingerprint density at radius 2 is 1.52 bits per heavy atom. The molecule has 0 radical (unpaired) electrons. The third-order valence-electron chi connectivity index (χ3n) is 4.16. The summed E-state index contributed by atoms with van der Waals surface area (Å²) in [4.78, 5) is 0. The van der Waals surface area contributed by atoms with Crippen molar-refractivity contribution in [2.45, 2.75) is 6.92 Å². The summed E-state index contributed by atoms with van der Waals surface area (Å²) in [5.74, 6) is 1.05. The first kappa shape index (κ1) is 15.9. The van der Waals surface area contributed by atoms with Gasteiger partial charge in [0.15, 0.2) is 0 Å². The monoisotopic (exact) mass is 395 g/mol. The fraction of sp³-hybridized carbons (Fsp3) is 0.0476. The van der Waals surface area contributed by atoms with Crippen LogP contribution in [0, 0.1) is 12.7 Å². The number of rotatable bonds is 3. The Hall–Kier alpha value is -2.59. The Morgan fingerprint density at radius 1 is 0.880 bits per heavy atom. The summed E-state index contributed by atoms with van der Waals surface area (Å²) in [6, 6.07) is 20.1. The van der Waals surface area contributed by atoms with Crippen LogP contribution in [0.4, 0.5) is 4.39 Å². The molecule has 2 nitrogen and oxygen atoms in total. The molecule has 0 amide bonds. The number of fused-ring (bicyclic) bond motifs is 1. The number of hydrogen-bond acceptors (Lipinski definition) is 1. The summed E-state index contributed by atoms with van der Waals surface area (Å²) in [7, 11) is 0. The molecule has 0 spiro atoms. The van der Waals surface area contributed by atoms with Gasteiger partial charge >= 0.3 is 0 Å². The van der Waals surface area contributed by atoms with Crippen LogP contribution in [0.3, 0.4) is 0 Å². The molecule has 1 aromatic heterocycles. The van der Waals surface area contributed by atoms with Crippen molar-refractivity contribution in [2.75, 3.05) is 0 Å². The average molecular weight is 396 g/mol. The Balaban J connectivity index is 1.67. The van der Waals surface area contributed by atoms with Gasteiger partial charge in [0, 0.05) is 21.7 Å². The maximum absolute atomic E-state index is 13.0. The summed E-state index contributed by atoms with van der Waals surface area (Å²) < 4.78 is 21.9. The van der Waals surface area contributed by atoms with Crippen molar-refractivity contribution < 1.29 is 9.13 Å². The van der Waals surface area contributed by atoms with Crippen LogP contribution in [-0.4, -0.2) is 4.57 Å². The Kier molecular flexibility index (Phi) is 4.06. The molecule has 0 aliphatic rings. The molecule has 0 N–H and O–H groups in total. The van der Waals surface area contributed by atoms with Crippen molar-refractivity contribution in [3.05, 3.63) is 88.8 Å². The third-order valence-corrected chi connectivity index (χ3v) is 4.76. The molecule has 0 saturated heterocycles. The second-order valence-electron chi connectivity index (χ2n) is 5.87. The van der Waals surface area contributed by atoms with E-state index in [9.17, 15) is 4.39 Å². The van der Waals surface area contributed by atoms with Crippen LogP contribution >= 0.6 is 15.9 Å². The molecule has 0 aliphatic heterocycles. The lowest BCUT2D eigenvalue weighted by molar-refractivity contribution is 0.480. The minimum absolute atomic E-state index is 0.275. The van der Waals surface area contributed by atoms with E-state index in [0.717, 1.165) is 15.7 Å². The minimum atomic E-state index is -0.275. The summed E-state index contributed by atoms with van der Waals surface area (Å²) in [6.07, 6.45) is 2.08. The Bertz CT molecular complexity index is 1040. The SMILES string of the molecule is Cc1cccc2c1c(Br)cn2-c1ccc(Oc2ccc(F)cc2)cc1. The minimum Gasteiger partial charge on any atom is -0.457 e. The van der Waals surface area contributed by atoms with E-state index in [1.54, 1.807) is 12.1 Å². The highest BCUT2D eigenvalue weighted by atomic mass is 79.9. The molecule has 4 aromatic rings. The zero-order chi connectivity index (χ0) is 17.4. The van der Waals surface area contributed by atoms with E-state index < -0.39 is 0 Å². The summed E-state index contributed by atoms with van der Waals surface area (Å²) in [6.45, 7) is 2.11. The van der Waals surface area contributed by atoms with Gasteiger partial charge in [-0.2, -0.15) is 0 Å². The first-order valence-electron chi connectivity index (χ1n) is 7.92. The summed E-state index contributed by atoms with van der Waals surface area (Å²) >= 11 is 3.65. The van der Waals surface area contributed by atoms with Crippen molar-refractivity contribution in [3.63, 3.8) is 0 Å². The van der Waals surface area contributed by atoms with Crippen molar-refractivity contribution in [1.82, 2.24) is 4.57 Å². The third kappa shape index (κ3) is 3.05. The molecule has 0 fully saturated rings. The maximum atomic E-state index is 13.0. The van der Waals surface area contributed by atoms with Crippen LogP contribution < -0.4 is 4.74 Å². The van der Waals surface area contributed by atoms with Crippen molar-refractivity contribution in [1.29, 1.82) is 0 Å². The van der Waals surface area contributed by atoms with Gasteiger partial charge in [0.2, 0.25) is 0 Å². The van der Waals surface area contributed by atoms with Crippen molar-refractivity contribution in [3.8, 4) is 17.2 Å². The van der Waals surface area contributed by atoms with E-state index in [2.05, 4.69) is 51.8 Å². The lowest BCUT2D eigenvalue weighted by Crippen LogP contribution is -1.92. The van der Waals surface area contributed by atoms with Gasteiger partial charge in [-0.3, -0.25) is 0 Å². The van der Waals surface area contributed by atoms with Gasteiger partial charge in [0.05, 0.1) is 5.52 Å². The van der Waals surface area contributed by atoms with E-state index in [1.807, 2.05) is 24.3 Å². The number of nitrogens with zero attached hydrogens (tertiary/aromatic N) is 1. The Labute approximate surface area is 153 Å². The maximum Gasteiger partial charge on any atom is 0.127 e. The van der Waals surface area contributed by atoms with Crippen LogP contribution in [0.1, 0.15) is 5.56 Å². The number of hydrogen-bond donors (Lipinski definition) is 0. The van der Waals surface area contributed by atoms with Crippen LogP contribution in [-0.2, 0) is 0 Å². The summed E-state index contributed by atoms with van der Waals surface area (Å²) in [5, 5.41) is 1.22. The molecule has 0 aliphatic carbocycles. The molecule has 0 atom stereocenters. The van der Waals surface area contributed by atoms with E-state index in [0.29, 0.717) is 11.5 Å². The predicted molar refractivity (Wildman–Crippen MR) is 102 cm³/mol. The van der Waals surface area contributed by atoms with Gasteiger partial charge in [-0.25, -0.2) is 4.39 Å². The molecular formula is C21H15BrFNO. The molecule has 0 unspecified atom stereocenters. The number of ether oxygens (including phenoxy) is 1. The Morgan fingerprint density at radius 3 is 2.20 bits per heavy atom. The molecule has 1 heterocycles. The second kappa shape index (κ2) is 6.37. The van der Waals surface area contributed by atoms with Gasteiger partial charge < -0.3 is 9.30 Å². The van der Waals surface area contributed by atoms with Gasteiger partial charge in [-0.05, 0) is 83.0 Å². The molecule has 124 valence electrons. The molecular weight excluding hydrogens is 381 g/mol. The van der Waals surface area contributed by atoms with E-state index in [-0.39, 0.29) is 5.82 Å². The van der Waals surface area contributed by atoms with Crippen LogP contribution in [0.25, 0.3) is 16.6 Å². The van der Waals surface area contributed by atoms with Gasteiger partial charge in [-0.15, -0.1) is 0 Å². The number of halogens is 2. The van der Waals surface area contributed by atoms with Crippen molar-refractivity contribution >= 4 is 26.8 Å². The van der Waals surface area contributed by atoms with Gasteiger partial charge in [-0.1, -0.05) is 12.1 Å². The molecule has 3 aromatic carbocycles. The quantitative estimate of drug-likeness (QED) is 0.379. The summed E-state index contributed by atoms with van der Waals surface area (Å²) in [5.41, 5.74) is 3.44. The fourth-order valence-electron chi connectivity index (χ4n) is 2.94. The van der Waals surface area contributed by atoms with Gasteiger partial charge in [0.1, 0.15) is 17.3 Å². The van der Waals surface area contributed by atoms with E-state index in [1.165, 1.54) is 23.1 Å². The largest absolute Gasteiger partial charge is 0.457 e. The van der Waals surface area contributed by atoms with Gasteiger partial charge in [0.25, 0.3) is 0 Å². The zero-order valence-corrected chi connectivity index (χ0v) is 15.1. The van der Waals surface area contributed by atoms with E-state index in [4.69, 9.17) is 4.74 Å². The molecule has 4 rings (SSSR count).